The zero-order chi connectivity index (χ0) is 24.9. The summed E-state index contributed by atoms with van der Waals surface area (Å²) >= 11 is 6.19. The van der Waals surface area contributed by atoms with Crippen molar-refractivity contribution in [1.82, 2.24) is 10.2 Å². The van der Waals surface area contributed by atoms with Crippen molar-refractivity contribution < 1.29 is 23.8 Å². The molecule has 0 saturated heterocycles. The summed E-state index contributed by atoms with van der Waals surface area (Å²) in [4.78, 5) is 25.7. The van der Waals surface area contributed by atoms with Gasteiger partial charge in [-0.15, -0.1) is 0 Å². The van der Waals surface area contributed by atoms with Gasteiger partial charge in [-0.2, -0.15) is 0 Å². The van der Waals surface area contributed by atoms with Crippen LogP contribution in [0.5, 0.6) is 5.75 Å². The van der Waals surface area contributed by atoms with Crippen LogP contribution in [0.1, 0.15) is 29.2 Å². The Morgan fingerprint density at radius 2 is 1.89 bits per heavy atom. The number of carboxylic acids is 1. The first-order valence-corrected chi connectivity index (χ1v) is 11.8. The lowest BCUT2D eigenvalue weighted by molar-refractivity contribution is -0.136. The normalized spacial score (nSPS) is 12.7. The molecule has 0 fully saturated rings. The summed E-state index contributed by atoms with van der Waals surface area (Å²) in [5.74, 6) is -0.710. The van der Waals surface area contributed by atoms with Crippen molar-refractivity contribution in [3.63, 3.8) is 0 Å². The predicted molar refractivity (Wildman–Crippen MR) is 132 cm³/mol. The molecule has 1 heterocycles. The monoisotopic (exact) mass is 496 g/mol. The number of benzene rings is 3. The molecular formula is C27H26ClFN2O4. The number of amides is 2. The molecule has 1 aliphatic rings. The van der Waals surface area contributed by atoms with Crippen molar-refractivity contribution in [2.24, 2.45) is 0 Å². The maximum absolute atomic E-state index is 14.7. The highest BCUT2D eigenvalue weighted by atomic mass is 35.5. The maximum atomic E-state index is 14.7. The molecule has 2 amide bonds. The Labute approximate surface area is 208 Å². The standard InChI is InChI=1S/C27H26ClFN2O4/c1-2-35-25-13-17(14-26(32)33)7-8-21(25)19-9-10-24(29)20-11-12-31(16-22(19)20)27(34)30-15-18-5-3-4-6-23(18)28/h3-10,13H,2,11-12,14-16H2,1H3,(H,30,34)(H,32,33). The van der Waals surface area contributed by atoms with E-state index < -0.39 is 5.97 Å². The van der Waals surface area contributed by atoms with Gasteiger partial charge in [0.25, 0.3) is 0 Å². The van der Waals surface area contributed by atoms with Crippen molar-refractivity contribution in [3.8, 4) is 16.9 Å². The van der Waals surface area contributed by atoms with Crippen LogP contribution >= 0.6 is 11.6 Å². The van der Waals surface area contributed by atoms with Crippen molar-refractivity contribution in [3.05, 3.63) is 87.7 Å². The van der Waals surface area contributed by atoms with E-state index in [0.717, 1.165) is 22.3 Å². The molecule has 2 N–H and O–H groups in total. The summed E-state index contributed by atoms with van der Waals surface area (Å²) in [6, 6.07) is 15.4. The van der Waals surface area contributed by atoms with Gasteiger partial charge in [-0.3, -0.25) is 4.79 Å². The lowest BCUT2D eigenvalue weighted by atomic mass is 9.90. The minimum absolute atomic E-state index is 0.124. The molecule has 0 aliphatic carbocycles. The van der Waals surface area contributed by atoms with Gasteiger partial charge in [0, 0.05) is 30.2 Å². The number of ether oxygens (including phenoxy) is 1. The molecule has 6 nitrogen and oxygen atoms in total. The van der Waals surface area contributed by atoms with Gasteiger partial charge >= 0.3 is 12.0 Å². The van der Waals surface area contributed by atoms with Gasteiger partial charge in [0.1, 0.15) is 11.6 Å². The quantitative estimate of drug-likeness (QED) is 0.456. The fraction of sp³-hybridized carbons (Fsp3) is 0.259. The Bertz CT molecular complexity index is 1260. The third-order valence-electron chi connectivity index (χ3n) is 6.02. The van der Waals surface area contributed by atoms with E-state index in [0.29, 0.717) is 41.5 Å². The molecular weight excluding hydrogens is 471 g/mol. The number of hydrogen-bond donors (Lipinski definition) is 2. The summed E-state index contributed by atoms with van der Waals surface area (Å²) in [7, 11) is 0. The fourth-order valence-electron chi connectivity index (χ4n) is 4.33. The maximum Gasteiger partial charge on any atom is 0.317 e. The lowest BCUT2D eigenvalue weighted by Crippen LogP contribution is -2.42. The van der Waals surface area contributed by atoms with E-state index in [2.05, 4.69) is 5.32 Å². The van der Waals surface area contributed by atoms with Crippen LogP contribution in [-0.2, 0) is 30.7 Å². The summed E-state index contributed by atoms with van der Waals surface area (Å²) in [5.41, 5.74) is 4.22. The highest BCUT2D eigenvalue weighted by molar-refractivity contribution is 6.31. The van der Waals surface area contributed by atoms with Gasteiger partial charge in [0.05, 0.1) is 13.0 Å². The Balaban J connectivity index is 1.62. The Morgan fingerprint density at radius 1 is 1.11 bits per heavy atom. The van der Waals surface area contributed by atoms with Crippen LogP contribution < -0.4 is 10.1 Å². The number of aliphatic carboxylic acids is 1. The minimum Gasteiger partial charge on any atom is -0.493 e. The first kappa shape index (κ1) is 24.5. The molecule has 0 bridgehead atoms. The number of halogens is 2. The van der Waals surface area contributed by atoms with Crippen LogP contribution in [-0.4, -0.2) is 35.2 Å². The Hall–Kier alpha value is -3.58. The van der Waals surface area contributed by atoms with Gasteiger partial charge in [0.2, 0.25) is 0 Å². The van der Waals surface area contributed by atoms with E-state index >= 15 is 0 Å². The van der Waals surface area contributed by atoms with E-state index in [-0.39, 0.29) is 31.4 Å². The number of nitrogens with one attached hydrogen (secondary N) is 1. The van der Waals surface area contributed by atoms with Crippen molar-refractivity contribution in [2.45, 2.75) is 32.9 Å². The number of nitrogens with zero attached hydrogens (tertiary/aromatic N) is 1. The van der Waals surface area contributed by atoms with Crippen LogP contribution in [0.15, 0.2) is 54.6 Å². The van der Waals surface area contributed by atoms with Crippen molar-refractivity contribution in [2.75, 3.05) is 13.2 Å². The molecule has 0 radical (unpaired) electrons. The second-order valence-electron chi connectivity index (χ2n) is 8.31. The third kappa shape index (κ3) is 5.57. The molecule has 0 saturated carbocycles. The first-order chi connectivity index (χ1) is 16.9. The molecule has 0 unspecified atom stereocenters. The number of carbonyl (C=O) groups excluding carboxylic acids is 1. The summed E-state index contributed by atoms with van der Waals surface area (Å²) < 4.78 is 20.6. The zero-order valence-corrected chi connectivity index (χ0v) is 20.1. The van der Waals surface area contributed by atoms with Gasteiger partial charge in [-0.25, -0.2) is 9.18 Å². The molecule has 8 heteroatoms. The van der Waals surface area contributed by atoms with Crippen LogP contribution in [0.4, 0.5) is 9.18 Å². The second kappa shape index (κ2) is 10.8. The summed E-state index contributed by atoms with van der Waals surface area (Å²) in [5, 5.41) is 12.6. The summed E-state index contributed by atoms with van der Waals surface area (Å²) in [6.07, 6.45) is 0.261. The third-order valence-corrected chi connectivity index (χ3v) is 6.39. The van der Waals surface area contributed by atoms with Gasteiger partial charge in [0.15, 0.2) is 0 Å². The smallest absolute Gasteiger partial charge is 0.317 e. The first-order valence-electron chi connectivity index (χ1n) is 11.4. The molecule has 0 spiro atoms. The van der Waals surface area contributed by atoms with E-state index in [1.807, 2.05) is 25.1 Å². The number of rotatable bonds is 7. The fourth-order valence-corrected chi connectivity index (χ4v) is 4.53. The van der Waals surface area contributed by atoms with Gasteiger partial charge in [-0.05, 0) is 59.4 Å². The van der Waals surface area contributed by atoms with E-state index in [9.17, 15) is 14.0 Å². The highest BCUT2D eigenvalue weighted by Gasteiger charge is 2.26. The number of fused-ring (bicyclic) bond motifs is 1. The SMILES string of the molecule is CCOc1cc(CC(=O)O)ccc1-c1ccc(F)c2c1CN(C(=O)NCc1ccccc1Cl)CC2. The molecule has 3 aromatic rings. The lowest BCUT2D eigenvalue weighted by Gasteiger charge is -2.31. The van der Waals surface area contributed by atoms with E-state index in [1.165, 1.54) is 6.07 Å². The molecule has 4 rings (SSSR count). The van der Waals surface area contributed by atoms with Gasteiger partial charge < -0.3 is 20.1 Å². The molecule has 1 aliphatic heterocycles. The number of hydrogen-bond acceptors (Lipinski definition) is 3. The van der Waals surface area contributed by atoms with E-state index in [4.69, 9.17) is 21.4 Å². The largest absolute Gasteiger partial charge is 0.493 e. The molecule has 3 aromatic carbocycles. The predicted octanol–water partition coefficient (Wildman–Crippen LogP) is 5.44. The number of carbonyl (C=O) groups is 2. The second-order valence-corrected chi connectivity index (χ2v) is 8.71. The zero-order valence-electron chi connectivity index (χ0n) is 19.3. The Kier molecular flexibility index (Phi) is 7.56. The topological polar surface area (TPSA) is 78.9 Å². The average molecular weight is 497 g/mol. The van der Waals surface area contributed by atoms with Crippen molar-refractivity contribution >= 4 is 23.6 Å². The van der Waals surface area contributed by atoms with Crippen LogP contribution in [0.25, 0.3) is 11.1 Å². The highest BCUT2D eigenvalue weighted by Crippen LogP contribution is 2.38. The number of urea groups is 1. The molecule has 35 heavy (non-hydrogen) atoms. The summed E-state index contributed by atoms with van der Waals surface area (Å²) in [6.45, 7) is 3.15. The van der Waals surface area contributed by atoms with Gasteiger partial charge in [-0.1, -0.05) is 48.0 Å². The van der Waals surface area contributed by atoms with Crippen molar-refractivity contribution in [1.29, 1.82) is 0 Å². The molecule has 0 atom stereocenters. The van der Waals surface area contributed by atoms with Crippen LogP contribution in [0.2, 0.25) is 5.02 Å². The molecule has 0 aromatic heterocycles. The average Bonchev–Trinajstić information content (AvgIpc) is 2.84. The van der Waals surface area contributed by atoms with Crippen LogP contribution in [0, 0.1) is 5.82 Å². The minimum atomic E-state index is -0.933. The van der Waals surface area contributed by atoms with Crippen LogP contribution in [0.3, 0.4) is 0 Å². The molecule has 182 valence electrons. The number of carboxylic acid groups (broad SMARTS) is 1. The van der Waals surface area contributed by atoms with E-state index in [1.54, 1.807) is 35.2 Å². The Morgan fingerprint density at radius 3 is 2.63 bits per heavy atom.